The summed E-state index contributed by atoms with van der Waals surface area (Å²) in [4.78, 5) is 9.76. The molecule has 1 atom stereocenters. The zero-order chi connectivity index (χ0) is 18.4. The van der Waals surface area contributed by atoms with Crippen molar-refractivity contribution in [2.45, 2.75) is 38.6 Å². The van der Waals surface area contributed by atoms with Gasteiger partial charge in [-0.3, -0.25) is 4.90 Å². The Balaban J connectivity index is 1.37. The number of aryl methyl sites for hydroxylation is 1. The van der Waals surface area contributed by atoms with E-state index in [0.29, 0.717) is 6.61 Å². The standard InChI is InChI=1S/C21H22FN3OS/c1-15-5-6-18(27-15)11-24-8-7-21(13-24)14-25-19(10-23-20(25)12-26-21)16-3-2-4-17(22)9-16/h2-6,9-10H,7-8,11-14H2,1H3/t21-/m0/s1. The second-order valence-electron chi connectivity index (χ2n) is 7.60. The molecule has 2 aliphatic heterocycles. The number of halogens is 1. The summed E-state index contributed by atoms with van der Waals surface area (Å²) in [5.41, 5.74) is 1.66. The minimum Gasteiger partial charge on any atom is -0.364 e. The highest BCUT2D eigenvalue weighted by molar-refractivity contribution is 7.11. The lowest BCUT2D eigenvalue weighted by Crippen LogP contribution is -2.44. The molecule has 1 spiro atoms. The van der Waals surface area contributed by atoms with E-state index in [0.717, 1.165) is 49.7 Å². The molecule has 3 aromatic rings. The van der Waals surface area contributed by atoms with E-state index < -0.39 is 0 Å². The maximum absolute atomic E-state index is 13.7. The molecule has 2 aliphatic rings. The fourth-order valence-electron chi connectivity index (χ4n) is 4.24. The quantitative estimate of drug-likeness (QED) is 0.678. The summed E-state index contributed by atoms with van der Waals surface area (Å²) in [7, 11) is 0. The highest BCUT2D eigenvalue weighted by Gasteiger charge is 2.43. The van der Waals surface area contributed by atoms with Crippen molar-refractivity contribution in [1.29, 1.82) is 0 Å². The Morgan fingerprint density at radius 1 is 1.26 bits per heavy atom. The van der Waals surface area contributed by atoms with Crippen molar-refractivity contribution in [3.63, 3.8) is 0 Å². The van der Waals surface area contributed by atoms with E-state index in [4.69, 9.17) is 4.74 Å². The highest BCUT2D eigenvalue weighted by Crippen LogP contribution is 2.36. The van der Waals surface area contributed by atoms with Gasteiger partial charge in [0.05, 0.1) is 18.4 Å². The Morgan fingerprint density at radius 2 is 2.19 bits per heavy atom. The van der Waals surface area contributed by atoms with E-state index in [1.807, 2.05) is 23.6 Å². The predicted molar refractivity (Wildman–Crippen MR) is 104 cm³/mol. The van der Waals surface area contributed by atoms with Gasteiger partial charge in [-0.2, -0.15) is 0 Å². The number of aromatic nitrogens is 2. The van der Waals surface area contributed by atoms with Crippen LogP contribution in [0.4, 0.5) is 4.39 Å². The molecule has 2 aromatic heterocycles. The molecule has 0 radical (unpaired) electrons. The van der Waals surface area contributed by atoms with Gasteiger partial charge in [0.15, 0.2) is 0 Å². The van der Waals surface area contributed by atoms with Gasteiger partial charge in [-0.05, 0) is 37.6 Å². The minimum atomic E-state index is -0.219. The Bertz CT molecular complexity index is 981. The molecule has 1 saturated heterocycles. The zero-order valence-corrected chi connectivity index (χ0v) is 16.1. The van der Waals surface area contributed by atoms with Gasteiger partial charge in [-0.25, -0.2) is 9.37 Å². The van der Waals surface area contributed by atoms with Crippen LogP contribution in [-0.4, -0.2) is 33.1 Å². The van der Waals surface area contributed by atoms with E-state index in [1.54, 1.807) is 12.1 Å². The zero-order valence-electron chi connectivity index (χ0n) is 15.3. The molecule has 4 heterocycles. The summed E-state index contributed by atoms with van der Waals surface area (Å²) in [5, 5.41) is 0. The van der Waals surface area contributed by atoms with E-state index in [2.05, 4.69) is 33.5 Å². The second kappa shape index (κ2) is 6.55. The van der Waals surface area contributed by atoms with Gasteiger partial charge in [0, 0.05) is 35.0 Å². The molecule has 5 rings (SSSR count). The lowest BCUT2D eigenvalue weighted by molar-refractivity contribution is -0.0821. The van der Waals surface area contributed by atoms with Gasteiger partial charge >= 0.3 is 0 Å². The van der Waals surface area contributed by atoms with Crippen LogP contribution >= 0.6 is 11.3 Å². The van der Waals surface area contributed by atoms with E-state index in [9.17, 15) is 4.39 Å². The summed E-state index contributed by atoms with van der Waals surface area (Å²) < 4.78 is 22.2. The Kier molecular flexibility index (Phi) is 4.15. The van der Waals surface area contributed by atoms with Gasteiger partial charge in [0.2, 0.25) is 0 Å². The molecule has 0 unspecified atom stereocenters. The average molecular weight is 383 g/mol. The molecule has 1 fully saturated rings. The third-order valence-corrected chi connectivity index (χ3v) is 6.57. The van der Waals surface area contributed by atoms with Crippen LogP contribution in [0.5, 0.6) is 0 Å². The van der Waals surface area contributed by atoms with Crippen LogP contribution in [-0.2, 0) is 24.4 Å². The molecule has 0 amide bonds. The SMILES string of the molecule is Cc1ccc(CN2CC[C@]3(C2)Cn2c(-c4cccc(F)c4)cnc2CO3)s1. The minimum absolute atomic E-state index is 0.178. The lowest BCUT2D eigenvalue weighted by Gasteiger charge is -2.35. The molecule has 1 aromatic carbocycles. The molecular weight excluding hydrogens is 361 g/mol. The van der Waals surface area contributed by atoms with Crippen molar-refractivity contribution in [2.75, 3.05) is 13.1 Å². The first-order valence-corrected chi connectivity index (χ1v) is 10.1. The topological polar surface area (TPSA) is 30.3 Å². The number of imidazole rings is 1. The van der Waals surface area contributed by atoms with Crippen LogP contribution in [0.15, 0.2) is 42.6 Å². The fourth-order valence-corrected chi connectivity index (χ4v) is 5.17. The Labute approximate surface area is 162 Å². The van der Waals surface area contributed by atoms with E-state index >= 15 is 0 Å². The van der Waals surface area contributed by atoms with E-state index in [1.165, 1.54) is 15.8 Å². The summed E-state index contributed by atoms with van der Waals surface area (Å²) >= 11 is 1.87. The first-order valence-electron chi connectivity index (χ1n) is 9.32. The molecule has 0 saturated carbocycles. The van der Waals surface area contributed by atoms with Crippen molar-refractivity contribution >= 4 is 11.3 Å². The molecule has 6 heteroatoms. The van der Waals surface area contributed by atoms with Gasteiger partial charge in [-0.15, -0.1) is 11.3 Å². The highest BCUT2D eigenvalue weighted by atomic mass is 32.1. The summed E-state index contributed by atoms with van der Waals surface area (Å²) in [5.74, 6) is 0.704. The second-order valence-corrected chi connectivity index (χ2v) is 8.97. The van der Waals surface area contributed by atoms with Crippen molar-refractivity contribution in [3.8, 4) is 11.3 Å². The molecule has 0 N–H and O–H groups in total. The smallest absolute Gasteiger partial charge is 0.135 e. The molecular formula is C21H22FN3OS. The largest absolute Gasteiger partial charge is 0.364 e. The number of thiophene rings is 1. The van der Waals surface area contributed by atoms with Crippen LogP contribution in [0.1, 0.15) is 22.0 Å². The number of likely N-dealkylation sites (tertiary alicyclic amines) is 1. The van der Waals surface area contributed by atoms with Crippen molar-refractivity contribution < 1.29 is 9.13 Å². The number of fused-ring (bicyclic) bond motifs is 1. The number of ether oxygens (including phenoxy) is 1. The number of hydrogen-bond acceptors (Lipinski definition) is 4. The van der Waals surface area contributed by atoms with Crippen molar-refractivity contribution in [3.05, 3.63) is 64.0 Å². The first kappa shape index (κ1) is 17.1. The fraction of sp³-hybridized carbons (Fsp3) is 0.381. The van der Waals surface area contributed by atoms with Gasteiger partial charge in [0.1, 0.15) is 23.8 Å². The maximum Gasteiger partial charge on any atom is 0.135 e. The molecule has 4 nitrogen and oxygen atoms in total. The van der Waals surface area contributed by atoms with Crippen molar-refractivity contribution in [2.24, 2.45) is 0 Å². The van der Waals surface area contributed by atoms with Crippen LogP contribution in [0.2, 0.25) is 0 Å². The molecule has 0 bridgehead atoms. The average Bonchev–Trinajstić information content (AvgIpc) is 3.35. The number of hydrogen-bond donors (Lipinski definition) is 0. The van der Waals surface area contributed by atoms with E-state index in [-0.39, 0.29) is 11.4 Å². The third-order valence-electron chi connectivity index (χ3n) is 5.58. The van der Waals surface area contributed by atoms with Crippen LogP contribution < -0.4 is 0 Å². The molecule has 140 valence electrons. The summed E-state index contributed by atoms with van der Waals surface area (Å²) in [6, 6.07) is 11.2. The number of nitrogens with zero attached hydrogens (tertiary/aromatic N) is 3. The third kappa shape index (κ3) is 3.22. The normalized spacial score (nSPS) is 22.4. The van der Waals surface area contributed by atoms with Crippen LogP contribution in [0, 0.1) is 12.7 Å². The van der Waals surface area contributed by atoms with Gasteiger partial charge < -0.3 is 9.30 Å². The van der Waals surface area contributed by atoms with Crippen LogP contribution in [0.25, 0.3) is 11.3 Å². The summed E-state index contributed by atoms with van der Waals surface area (Å²) in [6.07, 6.45) is 2.85. The monoisotopic (exact) mass is 383 g/mol. The number of benzene rings is 1. The lowest BCUT2D eigenvalue weighted by atomic mass is 10.0. The van der Waals surface area contributed by atoms with Crippen LogP contribution in [0.3, 0.4) is 0 Å². The Hall–Kier alpha value is -2.02. The predicted octanol–water partition coefficient (Wildman–Crippen LogP) is 4.23. The van der Waals surface area contributed by atoms with Crippen molar-refractivity contribution in [1.82, 2.24) is 14.5 Å². The summed E-state index contributed by atoms with van der Waals surface area (Å²) in [6.45, 7) is 6.38. The Morgan fingerprint density at radius 3 is 3.00 bits per heavy atom. The number of rotatable bonds is 3. The first-order chi connectivity index (χ1) is 13.1. The van der Waals surface area contributed by atoms with Gasteiger partial charge in [0.25, 0.3) is 0 Å². The molecule has 0 aliphatic carbocycles. The maximum atomic E-state index is 13.7. The molecule has 27 heavy (non-hydrogen) atoms. The van der Waals surface area contributed by atoms with Gasteiger partial charge in [-0.1, -0.05) is 12.1 Å².